The van der Waals surface area contributed by atoms with Gasteiger partial charge in [0.05, 0.1) is 0 Å². The molecule has 124 valence electrons. The molecule has 0 bridgehead atoms. The molecule has 1 N–H and O–H groups in total. The van der Waals surface area contributed by atoms with Gasteiger partial charge in [-0.05, 0) is 48.6 Å². The van der Waals surface area contributed by atoms with Crippen molar-refractivity contribution in [3.8, 4) is 11.5 Å². The van der Waals surface area contributed by atoms with Gasteiger partial charge in [-0.2, -0.15) is 0 Å². The third-order valence-corrected chi connectivity index (χ3v) is 3.60. The van der Waals surface area contributed by atoms with Crippen LogP contribution in [0.25, 0.3) is 6.08 Å². The summed E-state index contributed by atoms with van der Waals surface area (Å²) in [6, 6.07) is 17.5. The molecule has 3 aromatic rings. The molecule has 0 unspecified atom stereocenters. The fourth-order valence-corrected chi connectivity index (χ4v) is 2.28. The molecule has 0 amide bonds. The first-order valence-corrected chi connectivity index (χ1v) is 7.84. The van der Waals surface area contributed by atoms with Crippen LogP contribution in [-0.2, 0) is 6.61 Å². The maximum Gasteiger partial charge on any atom is 0.185 e. The van der Waals surface area contributed by atoms with E-state index in [1.807, 2.05) is 36.4 Å². The van der Waals surface area contributed by atoms with Gasteiger partial charge in [0, 0.05) is 29.1 Å². The predicted octanol–water partition coefficient (Wildman–Crippen LogP) is 4.26. The van der Waals surface area contributed by atoms with Crippen LogP contribution in [0, 0.1) is 0 Å². The van der Waals surface area contributed by atoms with Gasteiger partial charge in [0.15, 0.2) is 5.78 Å². The minimum absolute atomic E-state index is 0.134. The maximum atomic E-state index is 12.2. The number of nitrogens with zero attached hydrogens (tertiary/aromatic N) is 1. The molecular weight excluding hydrogens is 314 g/mol. The normalized spacial score (nSPS) is 10.7. The summed E-state index contributed by atoms with van der Waals surface area (Å²) < 4.78 is 5.84. The first-order chi connectivity index (χ1) is 12.2. The Bertz CT molecular complexity index is 871. The van der Waals surface area contributed by atoms with E-state index in [1.54, 1.807) is 30.6 Å². The molecule has 0 aliphatic rings. The second-order valence-corrected chi connectivity index (χ2v) is 5.43. The monoisotopic (exact) mass is 331 g/mol. The molecule has 0 saturated heterocycles. The predicted molar refractivity (Wildman–Crippen MR) is 96.5 cm³/mol. The Labute approximate surface area is 146 Å². The molecule has 0 saturated carbocycles. The zero-order valence-electron chi connectivity index (χ0n) is 13.5. The number of phenolic OH excluding ortho intramolecular Hbond substituents is 1. The number of hydrogen-bond acceptors (Lipinski definition) is 4. The number of ketones is 1. The van der Waals surface area contributed by atoms with Crippen molar-refractivity contribution < 1.29 is 14.6 Å². The summed E-state index contributed by atoms with van der Waals surface area (Å²) in [6.07, 6.45) is 6.70. The summed E-state index contributed by atoms with van der Waals surface area (Å²) in [4.78, 5) is 16.3. The Hall–Kier alpha value is -3.40. The average molecular weight is 331 g/mol. The molecule has 1 heterocycles. The van der Waals surface area contributed by atoms with Crippen LogP contribution in [0.15, 0.2) is 79.1 Å². The van der Waals surface area contributed by atoms with Crippen LogP contribution in [-0.4, -0.2) is 15.9 Å². The zero-order chi connectivity index (χ0) is 17.5. The number of rotatable bonds is 6. The van der Waals surface area contributed by atoms with E-state index in [4.69, 9.17) is 4.74 Å². The van der Waals surface area contributed by atoms with Crippen LogP contribution < -0.4 is 4.74 Å². The lowest BCUT2D eigenvalue weighted by atomic mass is 10.1. The number of hydrogen-bond donors (Lipinski definition) is 1. The molecule has 1 aromatic heterocycles. The molecule has 0 radical (unpaired) electrons. The van der Waals surface area contributed by atoms with Gasteiger partial charge in [0.25, 0.3) is 0 Å². The van der Waals surface area contributed by atoms with E-state index in [-0.39, 0.29) is 11.5 Å². The number of carbonyl (C=O) groups excluding carboxylic acids is 1. The van der Waals surface area contributed by atoms with Gasteiger partial charge in [-0.1, -0.05) is 24.3 Å². The summed E-state index contributed by atoms with van der Waals surface area (Å²) in [5.74, 6) is 0.692. The second-order valence-electron chi connectivity index (χ2n) is 5.43. The molecule has 3 rings (SSSR count). The number of carbonyl (C=O) groups is 1. The molecule has 4 heteroatoms. The standard InChI is InChI=1S/C21H17NO3/c23-19-10-7-17(8-11-19)20(24)12-9-18-5-1-2-6-21(18)25-15-16-4-3-13-22-14-16/h1-14,23H,15H2/b12-9+. The van der Waals surface area contributed by atoms with Crippen LogP contribution in [0.4, 0.5) is 0 Å². The molecule has 25 heavy (non-hydrogen) atoms. The summed E-state index contributed by atoms with van der Waals surface area (Å²) in [6.45, 7) is 0.407. The van der Waals surface area contributed by atoms with Gasteiger partial charge >= 0.3 is 0 Å². The van der Waals surface area contributed by atoms with Crippen molar-refractivity contribution in [2.45, 2.75) is 6.61 Å². The smallest absolute Gasteiger partial charge is 0.185 e. The van der Waals surface area contributed by atoms with Crippen molar-refractivity contribution in [3.63, 3.8) is 0 Å². The Balaban J connectivity index is 1.72. The number of allylic oxidation sites excluding steroid dienone is 1. The number of phenols is 1. The zero-order valence-corrected chi connectivity index (χ0v) is 13.5. The van der Waals surface area contributed by atoms with Crippen molar-refractivity contribution in [2.24, 2.45) is 0 Å². The Morgan fingerprint density at radius 3 is 2.60 bits per heavy atom. The fraction of sp³-hybridized carbons (Fsp3) is 0.0476. The number of para-hydroxylation sites is 1. The highest BCUT2D eigenvalue weighted by molar-refractivity contribution is 6.07. The second kappa shape index (κ2) is 7.93. The van der Waals surface area contributed by atoms with Gasteiger partial charge in [0.1, 0.15) is 18.1 Å². The lowest BCUT2D eigenvalue weighted by molar-refractivity contribution is 0.104. The molecule has 4 nitrogen and oxygen atoms in total. The van der Waals surface area contributed by atoms with E-state index in [9.17, 15) is 9.90 Å². The Morgan fingerprint density at radius 2 is 1.84 bits per heavy atom. The van der Waals surface area contributed by atoms with Crippen molar-refractivity contribution in [3.05, 3.63) is 95.8 Å². The largest absolute Gasteiger partial charge is 0.508 e. The van der Waals surface area contributed by atoms with Crippen molar-refractivity contribution in [1.82, 2.24) is 4.98 Å². The van der Waals surface area contributed by atoms with Crippen LogP contribution in [0.3, 0.4) is 0 Å². The van der Waals surface area contributed by atoms with E-state index in [2.05, 4.69) is 4.98 Å². The number of aromatic nitrogens is 1. The van der Waals surface area contributed by atoms with Gasteiger partial charge in [-0.15, -0.1) is 0 Å². The summed E-state index contributed by atoms with van der Waals surface area (Å²) in [7, 11) is 0. The molecular formula is C21H17NO3. The highest BCUT2D eigenvalue weighted by atomic mass is 16.5. The van der Waals surface area contributed by atoms with Crippen LogP contribution in [0.2, 0.25) is 0 Å². The van der Waals surface area contributed by atoms with Gasteiger partial charge in [0.2, 0.25) is 0 Å². The number of benzene rings is 2. The topological polar surface area (TPSA) is 59.4 Å². The highest BCUT2D eigenvalue weighted by Gasteiger charge is 2.04. The van der Waals surface area contributed by atoms with E-state index in [0.717, 1.165) is 11.1 Å². The SMILES string of the molecule is O=C(/C=C/c1ccccc1OCc1cccnc1)c1ccc(O)cc1. The lowest BCUT2D eigenvalue weighted by Gasteiger charge is -2.09. The van der Waals surface area contributed by atoms with Gasteiger partial charge < -0.3 is 9.84 Å². The van der Waals surface area contributed by atoms with E-state index >= 15 is 0 Å². The summed E-state index contributed by atoms with van der Waals surface area (Å²) in [5, 5.41) is 9.29. The van der Waals surface area contributed by atoms with Crippen molar-refractivity contribution in [1.29, 1.82) is 0 Å². The van der Waals surface area contributed by atoms with Crippen LogP contribution in [0.5, 0.6) is 11.5 Å². The van der Waals surface area contributed by atoms with Crippen LogP contribution >= 0.6 is 0 Å². The number of aromatic hydroxyl groups is 1. The minimum atomic E-state index is -0.137. The molecule has 0 atom stereocenters. The van der Waals surface area contributed by atoms with E-state index in [0.29, 0.717) is 17.9 Å². The highest BCUT2D eigenvalue weighted by Crippen LogP contribution is 2.21. The third kappa shape index (κ3) is 4.54. The Kier molecular flexibility index (Phi) is 5.22. The summed E-state index contributed by atoms with van der Waals surface area (Å²) >= 11 is 0. The summed E-state index contributed by atoms with van der Waals surface area (Å²) in [5.41, 5.74) is 2.31. The average Bonchev–Trinajstić information content (AvgIpc) is 2.66. The quantitative estimate of drug-likeness (QED) is 0.541. The van der Waals surface area contributed by atoms with Crippen LogP contribution in [0.1, 0.15) is 21.5 Å². The van der Waals surface area contributed by atoms with Crippen molar-refractivity contribution in [2.75, 3.05) is 0 Å². The number of pyridine rings is 1. The molecule has 0 fully saturated rings. The fourth-order valence-electron chi connectivity index (χ4n) is 2.28. The third-order valence-electron chi connectivity index (χ3n) is 3.60. The van der Waals surface area contributed by atoms with Gasteiger partial charge in [-0.3, -0.25) is 9.78 Å². The lowest BCUT2D eigenvalue weighted by Crippen LogP contribution is -1.97. The van der Waals surface area contributed by atoms with Crippen molar-refractivity contribution >= 4 is 11.9 Å². The van der Waals surface area contributed by atoms with E-state index < -0.39 is 0 Å². The number of ether oxygens (including phenoxy) is 1. The Morgan fingerprint density at radius 1 is 1.04 bits per heavy atom. The van der Waals surface area contributed by atoms with E-state index in [1.165, 1.54) is 18.2 Å². The molecule has 0 spiro atoms. The van der Waals surface area contributed by atoms with Gasteiger partial charge in [-0.25, -0.2) is 0 Å². The molecule has 2 aromatic carbocycles. The maximum absolute atomic E-state index is 12.2. The first-order valence-electron chi connectivity index (χ1n) is 7.84. The molecule has 0 aliphatic carbocycles. The minimum Gasteiger partial charge on any atom is -0.508 e. The molecule has 0 aliphatic heterocycles. The first kappa shape index (κ1) is 16.5.